The van der Waals surface area contributed by atoms with Gasteiger partial charge >= 0.3 is 49.4 Å². The SMILES string of the molecule is [C+]#CC#CC#CCC. The molecule has 0 rings (SSSR count). The van der Waals surface area contributed by atoms with Gasteiger partial charge in [-0.25, -0.2) is 0 Å². The van der Waals surface area contributed by atoms with Gasteiger partial charge in [0, 0.05) is 0 Å². The van der Waals surface area contributed by atoms with Crippen molar-refractivity contribution in [3.63, 3.8) is 0 Å². The standard InChI is InChI=1S/C8H5/c1-3-5-7-8-6-4-2/h3H2,1H3/q+1. The molecule has 0 aromatic carbocycles. The molecule has 0 bridgehead atoms. The van der Waals surface area contributed by atoms with Gasteiger partial charge in [0.15, 0.2) is 0 Å². The predicted molar refractivity (Wildman–Crippen MR) is 33.0 cm³/mol. The van der Waals surface area contributed by atoms with E-state index in [1.54, 1.807) is 0 Å². The fraction of sp³-hybridized carbons (Fsp3) is 0.250. The zero-order valence-electron chi connectivity index (χ0n) is 4.71. The summed E-state index contributed by atoms with van der Waals surface area (Å²) in [6.45, 7) is 1.95. The first-order chi connectivity index (χ1) is 3.91. The molecular formula is C8H5+. The topological polar surface area (TPSA) is 0 Å². The first kappa shape index (κ1) is 6.90. The molecule has 0 fully saturated rings. The molecule has 0 N–H and O–H groups in total. The van der Waals surface area contributed by atoms with Crippen molar-refractivity contribution in [2.24, 2.45) is 0 Å². The molecule has 0 aliphatic rings. The minimum absolute atomic E-state index is 0.812. The molecule has 0 heteroatoms. The summed E-state index contributed by atoms with van der Waals surface area (Å²) in [4.78, 5) is 0. The van der Waals surface area contributed by atoms with Crippen molar-refractivity contribution in [1.82, 2.24) is 0 Å². The zero-order chi connectivity index (χ0) is 6.24. The van der Waals surface area contributed by atoms with Crippen molar-refractivity contribution in [2.45, 2.75) is 13.3 Å². The Hall–Kier alpha value is -1.10. The van der Waals surface area contributed by atoms with Crippen LogP contribution in [0.4, 0.5) is 0 Å². The molecule has 0 unspecified atom stereocenters. The molecule has 0 amide bonds. The molecule has 0 atom stereocenters. The van der Waals surface area contributed by atoms with Crippen LogP contribution < -0.4 is 0 Å². The van der Waals surface area contributed by atoms with Gasteiger partial charge in [-0.15, -0.1) is 0 Å². The monoisotopic (exact) mass is 101 g/mol. The van der Waals surface area contributed by atoms with Gasteiger partial charge in [0.2, 0.25) is 0 Å². The Bertz CT molecular complexity index is 194. The second-order valence-corrected chi connectivity index (χ2v) is 1.03. The number of rotatable bonds is 0. The molecule has 0 nitrogen and oxygen atoms in total. The van der Waals surface area contributed by atoms with E-state index >= 15 is 0 Å². The van der Waals surface area contributed by atoms with E-state index in [2.05, 4.69) is 23.7 Å². The van der Waals surface area contributed by atoms with E-state index in [1.165, 1.54) is 0 Å². The zero-order valence-corrected chi connectivity index (χ0v) is 4.71. The Morgan fingerprint density at radius 1 is 1.25 bits per heavy atom. The summed E-state index contributed by atoms with van der Waals surface area (Å²) in [5.41, 5.74) is 0. The van der Waals surface area contributed by atoms with E-state index in [1.807, 2.05) is 12.8 Å². The van der Waals surface area contributed by atoms with Crippen LogP contribution >= 0.6 is 0 Å². The van der Waals surface area contributed by atoms with Crippen LogP contribution in [-0.2, 0) is 0 Å². The van der Waals surface area contributed by atoms with Gasteiger partial charge in [0.05, 0.1) is 0 Å². The number of hydrogen-bond acceptors (Lipinski definition) is 0. The normalized spacial score (nSPS) is 4.88. The molecule has 0 heterocycles. The molecule has 36 valence electrons. The van der Waals surface area contributed by atoms with Crippen molar-refractivity contribution in [3.05, 3.63) is 6.42 Å². The van der Waals surface area contributed by atoms with Crippen LogP contribution in [-0.4, -0.2) is 0 Å². The van der Waals surface area contributed by atoms with E-state index in [0.29, 0.717) is 0 Å². The molecule has 0 aromatic heterocycles. The molecule has 0 aliphatic carbocycles. The van der Waals surface area contributed by atoms with Crippen LogP contribution in [0.3, 0.4) is 0 Å². The summed E-state index contributed by atoms with van der Waals surface area (Å²) in [6.07, 6.45) is 7.16. The van der Waals surface area contributed by atoms with E-state index in [0.717, 1.165) is 6.42 Å². The molecule has 0 aliphatic heterocycles. The molecule has 0 saturated heterocycles. The molecule has 0 saturated carbocycles. The Morgan fingerprint density at radius 2 is 2.00 bits per heavy atom. The first-order valence-electron chi connectivity index (χ1n) is 2.31. The van der Waals surface area contributed by atoms with Crippen molar-refractivity contribution in [3.8, 4) is 29.6 Å². The Labute approximate surface area is 50.3 Å². The summed E-state index contributed by atoms with van der Waals surface area (Å²) in [5.74, 6) is 11.9. The van der Waals surface area contributed by atoms with Crippen molar-refractivity contribution in [1.29, 1.82) is 0 Å². The summed E-state index contributed by atoms with van der Waals surface area (Å²) in [7, 11) is 0. The molecule has 8 heavy (non-hydrogen) atoms. The van der Waals surface area contributed by atoms with Gasteiger partial charge in [-0.05, 0) is 0 Å². The van der Waals surface area contributed by atoms with Crippen LogP contribution in [0, 0.1) is 36.0 Å². The average molecular weight is 101 g/mol. The number of hydrogen-bond donors (Lipinski definition) is 0. The van der Waals surface area contributed by atoms with Crippen LogP contribution in [0.2, 0.25) is 0 Å². The maximum absolute atomic E-state index is 6.35. The van der Waals surface area contributed by atoms with E-state index in [4.69, 9.17) is 6.42 Å². The van der Waals surface area contributed by atoms with Gasteiger partial charge in [-0.3, -0.25) is 0 Å². The van der Waals surface area contributed by atoms with Gasteiger partial charge < -0.3 is 0 Å². The quantitative estimate of drug-likeness (QED) is 0.315. The summed E-state index contributed by atoms with van der Waals surface area (Å²) in [5, 5.41) is 0. The fourth-order valence-electron chi connectivity index (χ4n) is 0.195. The van der Waals surface area contributed by atoms with E-state index in [9.17, 15) is 0 Å². The second-order valence-electron chi connectivity index (χ2n) is 1.03. The van der Waals surface area contributed by atoms with Crippen LogP contribution in [0.25, 0.3) is 0 Å². The summed E-state index contributed by atoms with van der Waals surface area (Å²) in [6, 6.07) is 0. The third-order valence-electron chi connectivity index (χ3n) is 0.453. The van der Waals surface area contributed by atoms with Crippen molar-refractivity contribution < 1.29 is 0 Å². The van der Waals surface area contributed by atoms with Gasteiger partial charge in [0.25, 0.3) is 0 Å². The van der Waals surface area contributed by atoms with Crippen LogP contribution in [0.1, 0.15) is 13.3 Å². The van der Waals surface area contributed by atoms with Crippen LogP contribution in [0.15, 0.2) is 0 Å². The molecule has 0 spiro atoms. The molecule has 0 aromatic rings. The molecular weight excluding hydrogens is 96.1 g/mol. The van der Waals surface area contributed by atoms with E-state index in [-0.39, 0.29) is 0 Å². The van der Waals surface area contributed by atoms with Crippen molar-refractivity contribution >= 4 is 0 Å². The minimum atomic E-state index is 0.812. The summed E-state index contributed by atoms with van der Waals surface area (Å²) >= 11 is 0. The Kier molecular flexibility index (Phi) is 5.09. The predicted octanol–water partition coefficient (Wildman–Crippen LogP) is 0.993. The Morgan fingerprint density at radius 3 is 2.50 bits per heavy atom. The molecule has 0 radical (unpaired) electrons. The maximum atomic E-state index is 6.35. The third kappa shape index (κ3) is 4.90. The second kappa shape index (κ2) is 5.90. The van der Waals surface area contributed by atoms with Crippen molar-refractivity contribution in [2.75, 3.05) is 0 Å². The van der Waals surface area contributed by atoms with Crippen LogP contribution in [0.5, 0.6) is 0 Å². The first-order valence-corrected chi connectivity index (χ1v) is 2.31. The van der Waals surface area contributed by atoms with Gasteiger partial charge in [-0.2, -0.15) is 0 Å². The fourth-order valence-corrected chi connectivity index (χ4v) is 0.195. The van der Waals surface area contributed by atoms with E-state index < -0.39 is 0 Å². The Balaban J connectivity index is 3.61. The van der Waals surface area contributed by atoms with Gasteiger partial charge in [-0.1, -0.05) is 0 Å². The third-order valence-corrected chi connectivity index (χ3v) is 0.453. The average Bonchev–Trinajstić information content (AvgIpc) is 1.81. The summed E-state index contributed by atoms with van der Waals surface area (Å²) < 4.78 is 0. The van der Waals surface area contributed by atoms with Gasteiger partial charge in [0.1, 0.15) is 0 Å².